The van der Waals surface area contributed by atoms with Crippen LogP contribution in [0, 0.1) is 6.07 Å². The summed E-state index contributed by atoms with van der Waals surface area (Å²) < 4.78 is 0. The van der Waals surface area contributed by atoms with Crippen molar-refractivity contribution in [2.45, 2.75) is 52.4 Å². The molecule has 0 N–H and O–H groups in total. The predicted molar refractivity (Wildman–Crippen MR) is 285 cm³/mol. The van der Waals surface area contributed by atoms with Crippen molar-refractivity contribution in [3.05, 3.63) is 230 Å². The summed E-state index contributed by atoms with van der Waals surface area (Å²) in [5.74, 6) is 0. The number of hydrogen-bond acceptors (Lipinski definition) is 0. The van der Waals surface area contributed by atoms with Gasteiger partial charge in [-0.15, -0.1) is 74.6 Å². The van der Waals surface area contributed by atoms with Gasteiger partial charge in [0.1, 0.15) is 0 Å². The summed E-state index contributed by atoms with van der Waals surface area (Å²) >= 11 is -0.826. The fourth-order valence-electron chi connectivity index (χ4n) is 9.02. The van der Waals surface area contributed by atoms with E-state index in [2.05, 4.69) is 226 Å². The predicted octanol–water partition coefficient (Wildman–Crippen LogP) is 17.0. The number of fused-ring (bicyclic) bond motifs is 5. The first-order valence-corrected chi connectivity index (χ1v) is 30.4. The largest absolute Gasteiger partial charge is 0.184 e. The second-order valence-corrected chi connectivity index (χ2v) is 21.6. The minimum absolute atomic E-state index is 0.795. The van der Waals surface area contributed by atoms with Gasteiger partial charge in [0.15, 0.2) is 0 Å². The maximum atomic E-state index is 4.93. The number of benzene rings is 8. The van der Waals surface area contributed by atoms with E-state index in [4.69, 9.17) is 17.0 Å². The molecule has 4 heteroatoms. The van der Waals surface area contributed by atoms with Crippen LogP contribution in [0.3, 0.4) is 0 Å². The van der Waals surface area contributed by atoms with Gasteiger partial charge in [-0.05, 0) is 47.9 Å². The molecular formula is C62H53Cl2SiZr-3. The zero-order chi connectivity index (χ0) is 45.5. The fraction of sp³-hybridized carbons (Fsp3) is 0.129. The zero-order valence-electron chi connectivity index (χ0n) is 37.7. The Morgan fingerprint density at radius 2 is 0.879 bits per heavy atom. The summed E-state index contributed by atoms with van der Waals surface area (Å²) in [5.41, 5.74) is 16.3. The van der Waals surface area contributed by atoms with Crippen LogP contribution in [-0.2, 0) is 33.7 Å². The van der Waals surface area contributed by atoms with Crippen LogP contribution < -0.4 is 10.4 Å². The van der Waals surface area contributed by atoms with Crippen LogP contribution in [0.15, 0.2) is 212 Å². The van der Waals surface area contributed by atoms with E-state index >= 15 is 0 Å². The SMILES string of the molecule is CCCCc1ccc2[cH-]c(-c3ccccc3)cc2c1-c1ccccc1.CCCCc1ccc2[cH-]c(-c3ccccc3)cc2c1-c1ccccc1.[Cl][Zr][Cl].[c-]1cccc2c1[Si]c1ccccc1-2. The molecule has 11 rings (SSSR count). The van der Waals surface area contributed by atoms with Gasteiger partial charge in [0, 0.05) is 0 Å². The van der Waals surface area contributed by atoms with E-state index in [0.717, 1.165) is 22.4 Å². The first kappa shape index (κ1) is 47.2. The Labute approximate surface area is 413 Å². The van der Waals surface area contributed by atoms with E-state index in [1.54, 1.807) is 0 Å². The molecule has 0 aliphatic carbocycles. The number of hydrogen-bond donors (Lipinski definition) is 0. The molecule has 10 aromatic rings. The Morgan fingerprint density at radius 3 is 1.33 bits per heavy atom. The van der Waals surface area contributed by atoms with Crippen molar-refractivity contribution in [1.29, 1.82) is 0 Å². The molecule has 1 aliphatic heterocycles. The van der Waals surface area contributed by atoms with E-state index in [0.29, 0.717) is 0 Å². The van der Waals surface area contributed by atoms with Crippen LogP contribution >= 0.6 is 17.0 Å². The van der Waals surface area contributed by atoms with Crippen LogP contribution in [0.25, 0.3) is 77.2 Å². The molecule has 1 heterocycles. The first-order chi connectivity index (χ1) is 32.6. The fourth-order valence-corrected chi connectivity index (χ4v) is 10.3. The third-order valence-corrected chi connectivity index (χ3v) is 13.6. The third-order valence-electron chi connectivity index (χ3n) is 12.2. The van der Waals surface area contributed by atoms with Gasteiger partial charge in [0.2, 0.25) is 0 Å². The molecule has 0 nitrogen and oxygen atoms in total. The smallest absolute Gasteiger partial charge is 0.0920 e. The minimum atomic E-state index is -0.826. The average molecular weight is 988 g/mol. The maximum Gasteiger partial charge on any atom is 0.0920 e. The van der Waals surface area contributed by atoms with Crippen LogP contribution in [0.4, 0.5) is 0 Å². The number of rotatable bonds is 10. The summed E-state index contributed by atoms with van der Waals surface area (Å²) in [6, 6.07) is 79.8. The number of aryl methyl sites for hydroxylation is 2. The third kappa shape index (κ3) is 11.4. The molecule has 0 saturated heterocycles. The summed E-state index contributed by atoms with van der Waals surface area (Å²) in [4.78, 5) is 0. The first-order valence-electron chi connectivity index (χ1n) is 23.1. The molecule has 326 valence electrons. The normalized spacial score (nSPS) is 11.0. The van der Waals surface area contributed by atoms with Gasteiger partial charge in [-0.25, -0.2) is 0 Å². The Hall–Kier alpha value is -5.34. The molecule has 2 radical (unpaired) electrons. The molecule has 0 spiro atoms. The van der Waals surface area contributed by atoms with Crippen molar-refractivity contribution < 1.29 is 20.8 Å². The molecule has 0 aromatic heterocycles. The quantitative estimate of drug-likeness (QED) is 0.0946. The monoisotopic (exact) mass is 985 g/mol. The van der Waals surface area contributed by atoms with E-state index in [1.165, 1.54) is 124 Å². The van der Waals surface area contributed by atoms with Gasteiger partial charge in [0.25, 0.3) is 0 Å². The van der Waals surface area contributed by atoms with Crippen LogP contribution in [0.5, 0.6) is 0 Å². The average Bonchev–Trinajstić information content (AvgIpc) is 4.12. The van der Waals surface area contributed by atoms with Gasteiger partial charge < -0.3 is 0 Å². The second kappa shape index (κ2) is 23.9. The Bertz CT molecular complexity index is 2850. The molecule has 0 bridgehead atoms. The van der Waals surface area contributed by atoms with Crippen molar-refractivity contribution in [1.82, 2.24) is 0 Å². The Balaban J connectivity index is 0.000000136. The second-order valence-electron chi connectivity index (χ2n) is 16.6. The van der Waals surface area contributed by atoms with Crippen LogP contribution in [0.2, 0.25) is 0 Å². The van der Waals surface area contributed by atoms with Crippen molar-refractivity contribution in [2.24, 2.45) is 0 Å². The van der Waals surface area contributed by atoms with Crippen LogP contribution in [-0.4, -0.2) is 9.52 Å². The molecule has 0 amide bonds. The van der Waals surface area contributed by atoms with Crippen molar-refractivity contribution in [3.8, 4) is 55.6 Å². The zero-order valence-corrected chi connectivity index (χ0v) is 42.7. The van der Waals surface area contributed by atoms with Gasteiger partial charge in [0.05, 0.1) is 9.52 Å². The molecule has 0 atom stereocenters. The molecule has 0 fully saturated rings. The molecule has 1 aliphatic rings. The van der Waals surface area contributed by atoms with Gasteiger partial charge in [-0.2, -0.15) is 29.5 Å². The van der Waals surface area contributed by atoms with Crippen molar-refractivity contribution in [3.63, 3.8) is 0 Å². The summed E-state index contributed by atoms with van der Waals surface area (Å²) in [5, 5.41) is 8.23. The number of unbranched alkanes of at least 4 members (excludes halogenated alkanes) is 2. The van der Waals surface area contributed by atoms with E-state index in [1.807, 2.05) is 6.07 Å². The molecule has 66 heavy (non-hydrogen) atoms. The molecule has 0 saturated carbocycles. The molecule has 10 aromatic carbocycles. The summed E-state index contributed by atoms with van der Waals surface area (Å²) in [7, 11) is 10.7. The van der Waals surface area contributed by atoms with Gasteiger partial charge in [-0.1, -0.05) is 217 Å². The van der Waals surface area contributed by atoms with Gasteiger partial charge >= 0.3 is 37.9 Å². The van der Waals surface area contributed by atoms with Gasteiger partial charge in [-0.3, -0.25) is 0 Å². The van der Waals surface area contributed by atoms with E-state index in [9.17, 15) is 0 Å². The van der Waals surface area contributed by atoms with E-state index in [-0.39, 0.29) is 0 Å². The van der Waals surface area contributed by atoms with Crippen LogP contribution in [0.1, 0.15) is 50.7 Å². The molecule has 0 unspecified atom stereocenters. The summed E-state index contributed by atoms with van der Waals surface area (Å²) in [6.45, 7) is 4.52. The Kier molecular flexibility index (Phi) is 17.1. The minimum Gasteiger partial charge on any atom is -0.184 e. The molecular weight excluding hydrogens is 935 g/mol. The van der Waals surface area contributed by atoms with E-state index < -0.39 is 20.8 Å². The van der Waals surface area contributed by atoms with Crippen molar-refractivity contribution in [2.75, 3.05) is 0 Å². The van der Waals surface area contributed by atoms with Crippen molar-refractivity contribution >= 4 is 58.5 Å². The topological polar surface area (TPSA) is 0 Å². The standard InChI is InChI=1S/2C25H23.C12H7Si.2ClH.Zr/c2*1-2-3-10-21-15-16-22-17-23(19-11-6-4-7-12-19)18-24(22)25(21)20-13-8-5-9-14-20;1-3-7-11-9(5-1)10-6-2-4-8-12(10)13-11;;;/h2*4-9,11-18H,2-3,10H2,1H3;1-7H;2*1H;/q3*-1;;;+2/p-2. The number of halogens is 2. The summed E-state index contributed by atoms with van der Waals surface area (Å²) in [6.07, 6.45) is 7.20. The maximum absolute atomic E-state index is 4.93. The Morgan fingerprint density at radius 1 is 0.470 bits per heavy atom.